The first-order valence-corrected chi connectivity index (χ1v) is 7.50. The smallest absolute Gasteiger partial charge is 0.124 e. The predicted octanol–water partition coefficient (Wildman–Crippen LogP) is 5.46. The molecule has 0 aliphatic carbocycles. The lowest BCUT2D eigenvalue weighted by Crippen LogP contribution is -2.07. The Morgan fingerprint density at radius 3 is 2.58 bits per heavy atom. The summed E-state index contributed by atoms with van der Waals surface area (Å²) >= 11 is 9.53. The van der Waals surface area contributed by atoms with Crippen LogP contribution in [0.2, 0.25) is 0 Å². The van der Waals surface area contributed by atoms with Crippen LogP contribution >= 0.6 is 27.5 Å². The Bertz CT molecular complexity index is 568. The van der Waals surface area contributed by atoms with Crippen LogP contribution in [0.15, 0.2) is 46.9 Å². The van der Waals surface area contributed by atoms with Gasteiger partial charge in [0.05, 0.1) is 0 Å². The van der Waals surface area contributed by atoms with E-state index in [2.05, 4.69) is 35.0 Å². The topological polar surface area (TPSA) is 0 Å². The fourth-order valence-corrected chi connectivity index (χ4v) is 3.03. The minimum absolute atomic E-state index is 0.228. The highest BCUT2D eigenvalue weighted by molar-refractivity contribution is 9.10. The summed E-state index contributed by atoms with van der Waals surface area (Å²) in [6.07, 6.45) is 0.801. The average Bonchev–Trinajstić information content (AvgIpc) is 2.39. The minimum atomic E-state index is -0.228. The molecule has 0 N–H and O–H groups in total. The molecule has 0 amide bonds. The molecule has 1 atom stereocenters. The Morgan fingerprint density at radius 2 is 1.95 bits per heavy atom. The molecule has 0 radical (unpaired) electrons. The molecule has 0 nitrogen and oxygen atoms in total. The summed E-state index contributed by atoms with van der Waals surface area (Å²) in [7, 11) is 0. The molecule has 0 aliphatic heterocycles. The second-order valence-electron chi connectivity index (χ2n) is 4.65. The van der Waals surface area contributed by atoms with Crippen molar-refractivity contribution in [1.29, 1.82) is 0 Å². The molecule has 0 saturated heterocycles. The molecule has 1 unspecified atom stereocenters. The van der Waals surface area contributed by atoms with Gasteiger partial charge in [0, 0.05) is 16.3 Å². The SMILES string of the molecule is Cc1ccccc1C(CCl)Cc1ccc(F)cc1Br. The highest BCUT2D eigenvalue weighted by atomic mass is 79.9. The van der Waals surface area contributed by atoms with Crippen molar-refractivity contribution in [2.24, 2.45) is 0 Å². The maximum Gasteiger partial charge on any atom is 0.124 e. The van der Waals surface area contributed by atoms with Crippen LogP contribution in [-0.4, -0.2) is 5.88 Å². The van der Waals surface area contributed by atoms with Crippen molar-refractivity contribution >= 4 is 27.5 Å². The van der Waals surface area contributed by atoms with Crippen molar-refractivity contribution in [2.45, 2.75) is 19.3 Å². The minimum Gasteiger partial charge on any atom is -0.207 e. The van der Waals surface area contributed by atoms with Crippen LogP contribution in [-0.2, 0) is 6.42 Å². The Morgan fingerprint density at radius 1 is 1.21 bits per heavy atom. The molecule has 0 heterocycles. The third kappa shape index (κ3) is 3.58. The summed E-state index contributed by atoms with van der Waals surface area (Å²) < 4.78 is 13.9. The molecule has 0 spiro atoms. The summed E-state index contributed by atoms with van der Waals surface area (Å²) in [5.74, 6) is 0.563. The fraction of sp³-hybridized carbons (Fsp3) is 0.250. The van der Waals surface area contributed by atoms with Crippen LogP contribution in [0, 0.1) is 12.7 Å². The molecular formula is C16H15BrClF. The van der Waals surface area contributed by atoms with E-state index in [-0.39, 0.29) is 11.7 Å². The molecule has 2 aromatic carbocycles. The predicted molar refractivity (Wildman–Crippen MR) is 82.4 cm³/mol. The largest absolute Gasteiger partial charge is 0.207 e. The summed E-state index contributed by atoms with van der Waals surface area (Å²) in [5, 5.41) is 0. The van der Waals surface area contributed by atoms with E-state index in [1.165, 1.54) is 23.3 Å². The van der Waals surface area contributed by atoms with Crippen LogP contribution in [0.4, 0.5) is 4.39 Å². The number of hydrogen-bond donors (Lipinski definition) is 0. The summed E-state index contributed by atoms with van der Waals surface area (Å²) in [4.78, 5) is 0. The molecule has 0 bridgehead atoms. The van der Waals surface area contributed by atoms with Gasteiger partial charge >= 0.3 is 0 Å². The maximum absolute atomic E-state index is 13.1. The third-order valence-electron chi connectivity index (χ3n) is 3.30. The van der Waals surface area contributed by atoms with E-state index >= 15 is 0 Å². The van der Waals surface area contributed by atoms with Crippen LogP contribution in [0.1, 0.15) is 22.6 Å². The zero-order chi connectivity index (χ0) is 13.8. The first kappa shape index (κ1) is 14.5. The third-order valence-corrected chi connectivity index (χ3v) is 4.41. The molecule has 0 aromatic heterocycles. The molecule has 0 aliphatic rings. The maximum atomic E-state index is 13.1. The number of aryl methyl sites for hydroxylation is 1. The summed E-state index contributed by atoms with van der Waals surface area (Å²) in [6.45, 7) is 2.09. The molecule has 19 heavy (non-hydrogen) atoms. The Labute approximate surface area is 126 Å². The fourth-order valence-electron chi connectivity index (χ4n) is 2.25. The quantitative estimate of drug-likeness (QED) is 0.648. The van der Waals surface area contributed by atoms with E-state index in [1.54, 1.807) is 0 Å². The molecular weight excluding hydrogens is 327 g/mol. The van der Waals surface area contributed by atoms with Crippen LogP contribution < -0.4 is 0 Å². The lowest BCUT2D eigenvalue weighted by atomic mass is 9.90. The standard InChI is InChI=1S/C16H15BrClF/c1-11-4-2-3-5-15(11)13(10-18)8-12-6-7-14(19)9-16(12)17/h2-7,9,13H,8,10H2,1H3. The van der Waals surface area contributed by atoms with Crippen molar-refractivity contribution < 1.29 is 4.39 Å². The van der Waals surface area contributed by atoms with E-state index in [9.17, 15) is 4.39 Å². The van der Waals surface area contributed by atoms with Gasteiger partial charge in [0.2, 0.25) is 0 Å². The first-order valence-electron chi connectivity index (χ1n) is 6.17. The van der Waals surface area contributed by atoms with Crippen molar-refractivity contribution in [3.63, 3.8) is 0 Å². The number of benzene rings is 2. The van der Waals surface area contributed by atoms with Gasteiger partial charge in [-0.2, -0.15) is 0 Å². The van der Waals surface area contributed by atoms with Gasteiger partial charge in [-0.25, -0.2) is 4.39 Å². The molecule has 0 saturated carbocycles. The van der Waals surface area contributed by atoms with E-state index in [4.69, 9.17) is 11.6 Å². The van der Waals surface area contributed by atoms with Gasteiger partial charge < -0.3 is 0 Å². The van der Waals surface area contributed by atoms with Crippen molar-refractivity contribution in [3.05, 3.63) is 69.4 Å². The van der Waals surface area contributed by atoms with Gasteiger partial charge in [-0.3, -0.25) is 0 Å². The second-order valence-corrected chi connectivity index (χ2v) is 5.81. The molecule has 3 heteroatoms. The Balaban J connectivity index is 2.27. The van der Waals surface area contributed by atoms with Crippen molar-refractivity contribution in [2.75, 3.05) is 5.88 Å². The van der Waals surface area contributed by atoms with Gasteiger partial charge in [0.15, 0.2) is 0 Å². The second kappa shape index (κ2) is 6.53. The molecule has 2 rings (SSSR count). The highest BCUT2D eigenvalue weighted by Crippen LogP contribution is 2.28. The van der Waals surface area contributed by atoms with Gasteiger partial charge in [0.1, 0.15) is 5.82 Å². The van der Waals surface area contributed by atoms with Crippen molar-refractivity contribution in [1.82, 2.24) is 0 Å². The monoisotopic (exact) mass is 340 g/mol. The van der Waals surface area contributed by atoms with E-state index in [0.717, 1.165) is 16.5 Å². The summed E-state index contributed by atoms with van der Waals surface area (Å²) in [6, 6.07) is 13.1. The van der Waals surface area contributed by atoms with Crippen LogP contribution in [0.3, 0.4) is 0 Å². The van der Waals surface area contributed by atoms with E-state index in [1.807, 2.05) is 18.2 Å². The normalized spacial score (nSPS) is 12.4. The van der Waals surface area contributed by atoms with E-state index < -0.39 is 0 Å². The number of halogens is 3. The van der Waals surface area contributed by atoms with Crippen LogP contribution in [0.5, 0.6) is 0 Å². The molecule has 2 aromatic rings. The van der Waals surface area contributed by atoms with Gasteiger partial charge in [-0.05, 0) is 42.2 Å². The lowest BCUT2D eigenvalue weighted by Gasteiger charge is -2.17. The van der Waals surface area contributed by atoms with Crippen molar-refractivity contribution in [3.8, 4) is 0 Å². The zero-order valence-electron chi connectivity index (χ0n) is 10.7. The number of hydrogen-bond acceptors (Lipinski definition) is 0. The van der Waals surface area contributed by atoms with E-state index in [0.29, 0.717) is 5.88 Å². The Hall–Kier alpha value is -0.860. The van der Waals surface area contributed by atoms with Gasteiger partial charge in [-0.15, -0.1) is 11.6 Å². The molecule has 0 fully saturated rings. The highest BCUT2D eigenvalue weighted by Gasteiger charge is 2.15. The van der Waals surface area contributed by atoms with Crippen LogP contribution in [0.25, 0.3) is 0 Å². The average molecular weight is 342 g/mol. The lowest BCUT2D eigenvalue weighted by molar-refractivity contribution is 0.625. The van der Waals surface area contributed by atoms with Gasteiger partial charge in [-0.1, -0.05) is 46.3 Å². The number of alkyl halides is 1. The zero-order valence-corrected chi connectivity index (χ0v) is 13.0. The molecule has 100 valence electrons. The van der Waals surface area contributed by atoms with Gasteiger partial charge in [0.25, 0.3) is 0 Å². The number of rotatable bonds is 4. The summed E-state index contributed by atoms with van der Waals surface area (Å²) in [5.41, 5.74) is 3.58. The Kier molecular flexibility index (Phi) is 5.00. The first-order chi connectivity index (χ1) is 9.11.